The normalized spacial score (nSPS) is 27.3. The molecule has 4 aliphatic rings. The van der Waals surface area contributed by atoms with Gasteiger partial charge in [-0.25, -0.2) is 9.78 Å². The van der Waals surface area contributed by atoms with Gasteiger partial charge >= 0.3 is 6.09 Å². The monoisotopic (exact) mass is 581 g/mol. The van der Waals surface area contributed by atoms with Gasteiger partial charge in [-0.3, -0.25) is 9.80 Å². The lowest BCUT2D eigenvalue weighted by Gasteiger charge is -2.68. The van der Waals surface area contributed by atoms with Crippen LogP contribution >= 0.6 is 0 Å². The summed E-state index contributed by atoms with van der Waals surface area (Å²) in [5.41, 5.74) is 5.25. The van der Waals surface area contributed by atoms with Crippen LogP contribution in [0.3, 0.4) is 0 Å². The molecule has 1 amide bonds. The molecular weight excluding hydrogens is 534 g/mol. The van der Waals surface area contributed by atoms with Crippen LogP contribution in [-0.2, 0) is 24.2 Å². The third kappa shape index (κ3) is 5.40. The molecule has 7 heteroatoms. The van der Waals surface area contributed by atoms with E-state index in [9.17, 15) is 4.79 Å². The van der Waals surface area contributed by atoms with E-state index in [2.05, 4.69) is 81.2 Å². The molecule has 1 aromatic heterocycles. The summed E-state index contributed by atoms with van der Waals surface area (Å²) in [6.45, 7) is 12.0. The fraction of sp³-hybridized carbons (Fsp3) is 0.556. The van der Waals surface area contributed by atoms with Crippen molar-refractivity contribution in [2.24, 2.45) is 5.41 Å². The Bertz CT molecular complexity index is 1450. The first-order valence-electron chi connectivity index (χ1n) is 16.3. The molecule has 3 aromatic rings. The number of piperidine rings is 1. The van der Waals surface area contributed by atoms with Gasteiger partial charge in [0.05, 0.1) is 11.7 Å². The van der Waals surface area contributed by atoms with E-state index in [4.69, 9.17) is 9.72 Å². The maximum Gasteiger partial charge on any atom is 0.408 e. The zero-order valence-corrected chi connectivity index (χ0v) is 26.3. The van der Waals surface area contributed by atoms with E-state index in [1.54, 1.807) is 0 Å². The van der Waals surface area contributed by atoms with Gasteiger partial charge in [0, 0.05) is 61.8 Å². The molecule has 1 N–H and O–H groups in total. The van der Waals surface area contributed by atoms with Gasteiger partial charge in [-0.2, -0.15) is 0 Å². The minimum atomic E-state index is -0.516. The van der Waals surface area contributed by atoms with E-state index < -0.39 is 5.60 Å². The number of aryl methyl sites for hydroxylation is 1. The molecule has 2 aromatic carbocycles. The van der Waals surface area contributed by atoms with E-state index in [0.717, 1.165) is 44.6 Å². The summed E-state index contributed by atoms with van der Waals surface area (Å²) in [6, 6.07) is 23.0. The summed E-state index contributed by atoms with van der Waals surface area (Å²) in [7, 11) is 0. The van der Waals surface area contributed by atoms with E-state index >= 15 is 0 Å². The first-order chi connectivity index (χ1) is 20.7. The summed E-state index contributed by atoms with van der Waals surface area (Å²) in [6.07, 6.45) is 6.78. The van der Waals surface area contributed by atoms with Crippen molar-refractivity contribution in [3.63, 3.8) is 0 Å². The number of amides is 1. The molecule has 0 bridgehead atoms. The predicted molar refractivity (Wildman–Crippen MR) is 169 cm³/mol. The summed E-state index contributed by atoms with van der Waals surface area (Å²) >= 11 is 0. The Labute approximate surface area is 256 Å². The first-order valence-corrected chi connectivity index (χ1v) is 16.3. The van der Waals surface area contributed by atoms with Crippen LogP contribution in [0, 0.1) is 12.3 Å². The lowest BCUT2D eigenvalue weighted by Crippen LogP contribution is -2.74. The number of rotatable bonds is 8. The molecule has 3 fully saturated rings. The summed E-state index contributed by atoms with van der Waals surface area (Å²) in [5, 5.41) is 3.18. The van der Waals surface area contributed by atoms with E-state index in [1.165, 1.54) is 48.5 Å². The largest absolute Gasteiger partial charge is 0.444 e. The fourth-order valence-corrected chi connectivity index (χ4v) is 8.82. The Morgan fingerprint density at radius 1 is 1.09 bits per heavy atom. The van der Waals surface area contributed by atoms with Crippen LogP contribution in [0.4, 0.5) is 4.79 Å². The average molecular weight is 582 g/mol. The second kappa shape index (κ2) is 11.1. The van der Waals surface area contributed by atoms with Crippen molar-refractivity contribution < 1.29 is 9.53 Å². The summed E-state index contributed by atoms with van der Waals surface area (Å²) in [5.74, 6) is 1.20. The van der Waals surface area contributed by atoms with Crippen LogP contribution in [0.25, 0.3) is 0 Å². The van der Waals surface area contributed by atoms with Crippen LogP contribution in [0.15, 0.2) is 60.7 Å². The van der Waals surface area contributed by atoms with Crippen LogP contribution in [0.1, 0.15) is 93.3 Å². The van der Waals surface area contributed by atoms with Crippen molar-refractivity contribution in [2.75, 3.05) is 13.1 Å². The third-order valence-corrected chi connectivity index (χ3v) is 10.6. The second-order valence-electron chi connectivity index (χ2n) is 14.4. The Balaban J connectivity index is 1.02. The molecule has 4 unspecified atom stereocenters. The molecule has 2 aliphatic heterocycles. The molecule has 7 nitrogen and oxygen atoms in total. The molecule has 1 saturated heterocycles. The minimum Gasteiger partial charge on any atom is -0.444 e. The summed E-state index contributed by atoms with van der Waals surface area (Å²) < 4.78 is 8.27. The lowest BCUT2D eigenvalue weighted by molar-refractivity contribution is -0.188. The standard InChI is InChI=1S/C36H47N5O2/c1-25-37-30-24-39(23-26-11-7-5-8-12-26)19-17-31(30)41(25)28-21-33-36(22-28)18-15-32(36)40(33)20-16-29(27-13-9-6-10-14-27)38-34(42)43-35(2,3)4/h5-14,28-29,32-33H,15-24H2,1-4H3,(H,38,42)/t28?,29-,32?,33?,36?/m0/s1. The maximum atomic E-state index is 12.8. The van der Waals surface area contributed by atoms with E-state index in [1.807, 2.05) is 26.8 Å². The summed E-state index contributed by atoms with van der Waals surface area (Å²) in [4.78, 5) is 23.2. The topological polar surface area (TPSA) is 62.6 Å². The highest BCUT2D eigenvalue weighted by molar-refractivity contribution is 5.68. The zero-order valence-electron chi connectivity index (χ0n) is 26.3. The SMILES string of the molecule is Cc1nc2c(n1C1CC3N(CC[C@H](NC(=O)OC(C)(C)C)c4ccccc4)C4CCC43C1)CCN(Cc1ccccc1)C2. The van der Waals surface area contributed by atoms with Crippen molar-refractivity contribution in [1.82, 2.24) is 24.7 Å². The van der Waals surface area contributed by atoms with Gasteiger partial charge in [0.1, 0.15) is 11.4 Å². The van der Waals surface area contributed by atoms with E-state index in [0.29, 0.717) is 23.5 Å². The van der Waals surface area contributed by atoms with Crippen molar-refractivity contribution in [3.8, 4) is 0 Å². The number of hydrogen-bond donors (Lipinski definition) is 1. The number of imidazole rings is 1. The van der Waals surface area contributed by atoms with Gasteiger partial charge in [-0.1, -0.05) is 60.7 Å². The number of fused-ring (bicyclic) bond motifs is 1. The van der Waals surface area contributed by atoms with Crippen molar-refractivity contribution in [3.05, 3.63) is 89.0 Å². The third-order valence-electron chi connectivity index (χ3n) is 10.6. The number of aromatic nitrogens is 2. The number of nitrogens with one attached hydrogen (secondary N) is 1. The molecule has 228 valence electrons. The Hall–Kier alpha value is -3.16. The Kier molecular flexibility index (Phi) is 7.37. The van der Waals surface area contributed by atoms with Gasteiger partial charge in [0.25, 0.3) is 0 Å². The number of ether oxygens (including phenoxy) is 1. The number of nitrogens with zero attached hydrogens (tertiary/aromatic N) is 4. The second-order valence-corrected chi connectivity index (χ2v) is 14.4. The van der Waals surface area contributed by atoms with Crippen LogP contribution in [0.2, 0.25) is 0 Å². The Morgan fingerprint density at radius 3 is 2.53 bits per heavy atom. The molecule has 5 atom stereocenters. The maximum absolute atomic E-state index is 12.8. The molecule has 43 heavy (non-hydrogen) atoms. The highest BCUT2D eigenvalue weighted by Crippen LogP contribution is 2.67. The fourth-order valence-electron chi connectivity index (χ4n) is 8.82. The first kappa shape index (κ1) is 28.6. The lowest BCUT2D eigenvalue weighted by atomic mass is 9.53. The molecule has 1 spiro atoms. The molecule has 3 heterocycles. The number of alkyl carbamates (subject to hydrolysis) is 1. The van der Waals surface area contributed by atoms with Gasteiger partial charge in [0.2, 0.25) is 0 Å². The number of likely N-dealkylation sites (tertiary alicyclic amines) is 1. The smallest absolute Gasteiger partial charge is 0.408 e. The zero-order chi connectivity index (χ0) is 29.8. The average Bonchev–Trinajstić information content (AvgIpc) is 3.50. The number of carbonyl (C=O) groups is 1. The highest BCUT2D eigenvalue weighted by atomic mass is 16.6. The highest BCUT2D eigenvalue weighted by Gasteiger charge is 2.69. The van der Waals surface area contributed by atoms with Gasteiger partial charge in [0.15, 0.2) is 0 Å². The molecule has 2 aliphatic carbocycles. The van der Waals surface area contributed by atoms with E-state index in [-0.39, 0.29) is 12.1 Å². The molecule has 0 radical (unpaired) electrons. The van der Waals surface area contributed by atoms with Crippen LogP contribution < -0.4 is 5.32 Å². The van der Waals surface area contributed by atoms with Crippen LogP contribution in [-0.4, -0.2) is 56.2 Å². The number of hydrogen-bond acceptors (Lipinski definition) is 5. The predicted octanol–water partition coefficient (Wildman–Crippen LogP) is 6.57. The van der Waals surface area contributed by atoms with Gasteiger partial charge in [-0.15, -0.1) is 0 Å². The van der Waals surface area contributed by atoms with Crippen molar-refractivity contribution in [1.29, 1.82) is 0 Å². The van der Waals surface area contributed by atoms with Crippen LogP contribution in [0.5, 0.6) is 0 Å². The minimum absolute atomic E-state index is 0.0647. The van der Waals surface area contributed by atoms with Gasteiger partial charge in [-0.05, 0) is 70.9 Å². The molecular formula is C36H47N5O2. The Morgan fingerprint density at radius 2 is 1.84 bits per heavy atom. The molecule has 2 saturated carbocycles. The number of benzene rings is 2. The van der Waals surface area contributed by atoms with Crippen molar-refractivity contribution >= 4 is 6.09 Å². The number of carbonyl (C=O) groups excluding carboxylic acids is 1. The molecule has 7 rings (SSSR count). The van der Waals surface area contributed by atoms with Crippen molar-refractivity contribution in [2.45, 2.75) is 109 Å². The van der Waals surface area contributed by atoms with Gasteiger partial charge < -0.3 is 14.6 Å². The quantitative estimate of drug-likeness (QED) is 0.326.